The highest BCUT2D eigenvalue weighted by atomic mass is 16.2. The first-order valence-electron chi connectivity index (χ1n) is 9.34. The predicted molar refractivity (Wildman–Crippen MR) is 108 cm³/mol. The van der Waals surface area contributed by atoms with E-state index < -0.39 is 0 Å². The second-order valence-electron chi connectivity index (χ2n) is 7.05. The zero-order valence-electron chi connectivity index (χ0n) is 16.1. The molecule has 0 bridgehead atoms. The average molecular weight is 377 g/mol. The summed E-state index contributed by atoms with van der Waals surface area (Å²) < 4.78 is 3.33. The molecule has 0 radical (unpaired) electrons. The van der Waals surface area contributed by atoms with Gasteiger partial charge in [-0.05, 0) is 36.8 Å². The summed E-state index contributed by atoms with van der Waals surface area (Å²) in [6.07, 6.45) is 5.66. The van der Waals surface area contributed by atoms with Gasteiger partial charge < -0.3 is 14.4 Å². The van der Waals surface area contributed by atoms with E-state index in [1.807, 2.05) is 59.1 Å². The summed E-state index contributed by atoms with van der Waals surface area (Å²) in [5, 5.41) is 4.08. The number of benzene rings is 1. The summed E-state index contributed by atoms with van der Waals surface area (Å²) in [4.78, 5) is 28.8. The molecule has 3 aromatic rings. The van der Waals surface area contributed by atoms with E-state index in [0.29, 0.717) is 31.7 Å². The number of carbonyl (C=O) groups excluding carboxylic acids is 1. The number of amides is 1. The molecule has 0 unspecified atom stereocenters. The van der Waals surface area contributed by atoms with Crippen molar-refractivity contribution in [3.8, 4) is 5.69 Å². The summed E-state index contributed by atoms with van der Waals surface area (Å²) in [6, 6.07) is 11.4. The van der Waals surface area contributed by atoms with Crippen LogP contribution >= 0.6 is 0 Å². The molecule has 1 saturated heterocycles. The van der Waals surface area contributed by atoms with Crippen LogP contribution in [-0.4, -0.2) is 51.3 Å². The fraction of sp³-hybridized carbons (Fsp3) is 0.286. The Labute approximate surface area is 163 Å². The van der Waals surface area contributed by atoms with Crippen LogP contribution in [0.5, 0.6) is 0 Å². The smallest absolute Gasteiger partial charge is 0.268 e. The third-order valence-electron chi connectivity index (χ3n) is 5.22. The molecule has 7 nitrogen and oxygen atoms in total. The lowest BCUT2D eigenvalue weighted by Gasteiger charge is -2.36. The Morgan fingerprint density at radius 1 is 1.04 bits per heavy atom. The van der Waals surface area contributed by atoms with E-state index in [9.17, 15) is 9.59 Å². The van der Waals surface area contributed by atoms with Crippen LogP contribution in [0, 0.1) is 6.92 Å². The minimum absolute atomic E-state index is 0.0372. The molecule has 0 N–H and O–H groups in total. The molecule has 3 heterocycles. The van der Waals surface area contributed by atoms with E-state index in [0.717, 1.165) is 16.9 Å². The second-order valence-corrected chi connectivity index (χ2v) is 7.05. The van der Waals surface area contributed by atoms with Crippen LogP contribution < -0.4 is 10.5 Å². The molecule has 1 aromatic carbocycles. The molecule has 1 aliphatic heterocycles. The Morgan fingerprint density at radius 3 is 2.43 bits per heavy atom. The van der Waals surface area contributed by atoms with Crippen LogP contribution in [0.4, 0.5) is 5.69 Å². The Balaban J connectivity index is 1.48. The Kier molecular flexibility index (Phi) is 4.73. The number of nitrogens with zero attached hydrogens (tertiary/aromatic N) is 5. The van der Waals surface area contributed by atoms with Crippen molar-refractivity contribution in [3.05, 3.63) is 76.5 Å². The molecule has 1 amide bonds. The maximum Gasteiger partial charge on any atom is 0.268 e. The first-order valence-corrected chi connectivity index (χ1v) is 9.34. The van der Waals surface area contributed by atoms with Crippen molar-refractivity contribution in [3.63, 3.8) is 0 Å². The molecule has 28 heavy (non-hydrogen) atoms. The molecular weight excluding hydrogens is 354 g/mol. The highest BCUT2D eigenvalue weighted by Crippen LogP contribution is 2.19. The van der Waals surface area contributed by atoms with Crippen LogP contribution in [0.25, 0.3) is 5.69 Å². The van der Waals surface area contributed by atoms with Crippen LogP contribution in [-0.2, 0) is 7.05 Å². The van der Waals surface area contributed by atoms with Crippen molar-refractivity contribution in [1.82, 2.24) is 19.2 Å². The van der Waals surface area contributed by atoms with Crippen molar-refractivity contribution in [1.29, 1.82) is 0 Å². The van der Waals surface area contributed by atoms with E-state index in [1.165, 1.54) is 4.68 Å². The molecule has 0 spiro atoms. The number of piperazine rings is 1. The molecule has 7 heteroatoms. The topological polar surface area (TPSA) is 63.4 Å². The largest absolute Gasteiger partial charge is 0.367 e. The molecule has 1 fully saturated rings. The number of hydrogen-bond donors (Lipinski definition) is 0. The van der Waals surface area contributed by atoms with Gasteiger partial charge in [-0.1, -0.05) is 6.07 Å². The van der Waals surface area contributed by atoms with Crippen molar-refractivity contribution in [2.24, 2.45) is 7.05 Å². The number of aryl methyl sites for hydroxylation is 2. The summed E-state index contributed by atoms with van der Waals surface area (Å²) in [5.41, 5.74) is 3.50. The van der Waals surface area contributed by atoms with Crippen molar-refractivity contribution in [2.75, 3.05) is 31.1 Å². The molecular formula is C21H23N5O2. The van der Waals surface area contributed by atoms with Gasteiger partial charge in [0.05, 0.1) is 11.9 Å². The number of anilines is 1. The average Bonchev–Trinajstić information content (AvgIpc) is 3.25. The molecule has 4 rings (SSSR count). The molecule has 1 aliphatic rings. The van der Waals surface area contributed by atoms with Crippen LogP contribution in [0.15, 0.2) is 59.8 Å². The summed E-state index contributed by atoms with van der Waals surface area (Å²) >= 11 is 0. The normalized spacial score (nSPS) is 14.4. The molecule has 144 valence electrons. The lowest BCUT2D eigenvalue weighted by atomic mass is 10.1. The van der Waals surface area contributed by atoms with E-state index in [-0.39, 0.29) is 11.5 Å². The number of hydrogen-bond acceptors (Lipinski definition) is 4. The Bertz CT molecular complexity index is 1050. The lowest BCUT2D eigenvalue weighted by Crippen LogP contribution is -2.49. The fourth-order valence-electron chi connectivity index (χ4n) is 3.50. The van der Waals surface area contributed by atoms with Gasteiger partial charge in [-0.15, -0.1) is 0 Å². The van der Waals surface area contributed by atoms with E-state index in [2.05, 4.69) is 10.00 Å². The second kappa shape index (κ2) is 7.34. The van der Waals surface area contributed by atoms with Gasteiger partial charge in [-0.25, -0.2) is 4.68 Å². The first kappa shape index (κ1) is 18.0. The van der Waals surface area contributed by atoms with Gasteiger partial charge in [0.2, 0.25) is 0 Å². The summed E-state index contributed by atoms with van der Waals surface area (Å²) in [6.45, 7) is 4.62. The zero-order valence-corrected chi connectivity index (χ0v) is 16.1. The van der Waals surface area contributed by atoms with Gasteiger partial charge in [0.1, 0.15) is 0 Å². The van der Waals surface area contributed by atoms with Gasteiger partial charge in [-0.3, -0.25) is 9.59 Å². The zero-order chi connectivity index (χ0) is 19.7. The van der Waals surface area contributed by atoms with Crippen molar-refractivity contribution in [2.45, 2.75) is 6.92 Å². The molecule has 0 atom stereocenters. The van der Waals surface area contributed by atoms with Crippen LogP contribution in [0.3, 0.4) is 0 Å². The summed E-state index contributed by atoms with van der Waals surface area (Å²) in [5.74, 6) is 0.0372. The predicted octanol–water partition coefficient (Wildman–Crippen LogP) is 1.84. The number of carbonyl (C=O) groups is 1. The monoisotopic (exact) mass is 377 g/mol. The minimum Gasteiger partial charge on any atom is -0.367 e. The molecule has 2 aromatic heterocycles. The van der Waals surface area contributed by atoms with Gasteiger partial charge in [0.25, 0.3) is 11.5 Å². The van der Waals surface area contributed by atoms with Crippen LogP contribution in [0.2, 0.25) is 0 Å². The van der Waals surface area contributed by atoms with E-state index in [1.54, 1.807) is 19.3 Å². The minimum atomic E-state index is -0.131. The Hall–Kier alpha value is -3.35. The third-order valence-corrected chi connectivity index (χ3v) is 5.22. The van der Waals surface area contributed by atoms with Gasteiger partial charge in [-0.2, -0.15) is 5.10 Å². The van der Waals surface area contributed by atoms with Crippen molar-refractivity contribution >= 4 is 11.6 Å². The molecule has 0 saturated carbocycles. The lowest BCUT2D eigenvalue weighted by molar-refractivity contribution is 0.0746. The third kappa shape index (κ3) is 3.43. The Morgan fingerprint density at radius 2 is 1.75 bits per heavy atom. The molecule has 0 aliphatic carbocycles. The number of rotatable bonds is 3. The fourth-order valence-corrected chi connectivity index (χ4v) is 3.50. The van der Waals surface area contributed by atoms with E-state index in [4.69, 9.17) is 0 Å². The van der Waals surface area contributed by atoms with E-state index >= 15 is 0 Å². The first-order chi connectivity index (χ1) is 13.5. The van der Waals surface area contributed by atoms with Gasteiger partial charge in [0, 0.05) is 62.9 Å². The van der Waals surface area contributed by atoms with Gasteiger partial charge in [0.15, 0.2) is 0 Å². The summed E-state index contributed by atoms with van der Waals surface area (Å²) in [7, 11) is 1.63. The maximum absolute atomic E-state index is 13.0. The standard InChI is InChI=1S/C21H23N5O2/c1-16-5-6-17(13-19(16)25-7-3-4-8-25)21(28)26-11-9-24(10-12-26)18-14-20(27)23(2)22-15-18/h3-8,13-15H,9-12H2,1-2H3. The SMILES string of the molecule is Cc1ccc(C(=O)N2CCN(c3cnn(C)c(=O)c3)CC2)cc1-n1cccc1. The van der Waals surface area contributed by atoms with Crippen LogP contribution in [0.1, 0.15) is 15.9 Å². The highest BCUT2D eigenvalue weighted by Gasteiger charge is 2.23. The van der Waals surface area contributed by atoms with Crippen molar-refractivity contribution < 1.29 is 4.79 Å². The quantitative estimate of drug-likeness (QED) is 0.699. The number of aromatic nitrogens is 3. The van der Waals surface area contributed by atoms with Gasteiger partial charge >= 0.3 is 0 Å². The maximum atomic E-state index is 13.0. The highest BCUT2D eigenvalue weighted by molar-refractivity contribution is 5.95.